The lowest BCUT2D eigenvalue weighted by atomic mass is 10.2. The topological polar surface area (TPSA) is 89.0 Å². The molecule has 0 fully saturated rings. The Balaban J connectivity index is 1.93. The van der Waals surface area contributed by atoms with Crippen LogP contribution < -0.4 is 20.2 Å². The zero-order valence-electron chi connectivity index (χ0n) is 18.0. The third-order valence-corrected chi connectivity index (χ3v) is 4.72. The molecule has 2 N–H and O–H groups in total. The Morgan fingerprint density at radius 3 is 2.52 bits per heavy atom. The van der Waals surface area contributed by atoms with Gasteiger partial charge in [-0.25, -0.2) is 5.43 Å². The van der Waals surface area contributed by atoms with E-state index in [0.29, 0.717) is 36.0 Å². The number of nitrogens with zero attached hydrogens (tertiary/aromatic N) is 1. The summed E-state index contributed by atoms with van der Waals surface area (Å²) in [6.07, 6.45) is 3.14. The first-order valence-electron chi connectivity index (χ1n) is 10.2. The summed E-state index contributed by atoms with van der Waals surface area (Å²) in [6.45, 7) is 7.04. The van der Waals surface area contributed by atoms with Crippen molar-refractivity contribution < 1.29 is 19.1 Å². The van der Waals surface area contributed by atoms with Crippen LogP contribution in [0.4, 0.5) is 5.69 Å². The van der Waals surface area contributed by atoms with Crippen molar-refractivity contribution >= 4 is 39.6 Å². The molecule has 0 radical (unpaired) electrons. The Morgan fingerprint density at radius 2 is 1.84 bits per heavy atom. The second kappa shape index (κ2) is 12.7. The number of aryl methyl sites for hydroxylation is 1. The molecule has 2 amide bonds. The van der Waals surface area contributed by atoms with Crippen molar-refractivity contribution in [2.45, 2.75) is 40.0 Å². The van der Waals surface area contributed by atoms with Crippen LogP contribution in [0.1, 0.15) is 44.2 Å². The van der Waals surface area contributed by atoms with Crippen molar-refractivity contribution in [3.63, 3.8) is 0 Å². The van der Waals surface area contributed by atoms with E-state index in [4.69, 9.17) is 9.47 Å². The average Bonchev–Trinajstić information content (AvgIpc) is 2.72. The van der Waals surface area contributed by atoms with Crippen LogP contribution in [0.15, 0.2) is 46.0 Å². The summed E-state index contributed by atoms with van der Waals surface area (Å²) in [5.74, 6) is 0.318. The highest BCUT2D eigenvalue weighted by atomic mass is 79.9. The Hall–Kier alpha value is -2.87. The summed E-state index contributed by atoms with van der Waals surface area (Å²) in [6, 6.07) is 10.9. The molecule has 0 aliphatic rings. The van der Waals surface area contributed by atoms with Gasteiger partial charge in [0.2, 0.25) is 11.8 Å². The van der Waals surface area contributed by atoms with Crippen LogP contribution in [-0.4, -0.2) is 31.2 Å². The number of unbranched alkanes of at least 4 members (excludes halogenated alkanes) is 1. The number of hydrazone groups is 1. The van der Waals surface area contributed by atoms with Crippen molar-refractivity contribution in [3.8, 4) is 11.5 Å². The molecule has 31 heavy (non-hydrogen) atoms. The molecule has 8 heteroatoms. The quantitative estimate of drug-likeness (QED) is 0.205. The Morgan fingerprint density at radius 1 is 1.10 bits per heavy atom. The fraction of sp³-hybridized carbons (Fsp3) is 0.348. The zero-order chi connectivity index (χ0) is 22.6. The molecule has 0 aromatic heterocycles. The molecule has 0 heterocycles. The Kier molecular flexibility index (Phi) is 10.0. The molecule has 0 aliphatic carbocycles. The van der Waals surface area contributed by atoms with Gasteiger partial charge in [-0.2, -0.15) is 5.10 Å². The fourth-order valence-corrected chi connectivity index (χ4v) is 3.16. The largest absolute Gasteiger partial charge is 0.490 e. The Labute approximate surface area is 191 Å². The van der Waals surface area contributed by atoms with E-state index in [1.807, 2.05) is 32.0 Å². The van der Waals surface area contributed by atoms with Crippen LogP contribution in [0.25, 0.3) is 0 Å². The van der Waals surface area contributed by atoms with Gasteiger partial charge in [-0.05, 0) is 66.0 Å². The highest BCUT2D eigenvalue weighted by Gasteiger charge is 2.12. The molecule has 7 nitrogen and oxygen atoms in total. The van der Waals surface area contributed by atoms with E-state index in [1.54, 1.807) is 18.2 Å². The van der Waals surface area contributed by atoms with E-state index >= 15 is 0 Å². The predicted octanol–water partition coefficient (Wildman–Crippen LogP) is 4.81. The smallest absolute Gasteiger partial charge is 0.249 e. The number of nitrogens with one attached hydrogen (secondary N) is 2. The minimum atomic E-state index is -0.510. The molecule has 2 aromatic carbocycles. The lowest BCUT2D eigenvalue weighted by Crippen LogP contribution is -2.24. The number of amides is 2. The van der Waals surface area contributed by atoms with E-state index in [0.717, 1.165) is 22.9 Å². The molecular weight excluding hydrogens is 462 g/mol. The van der Waals surface area contributed by atoms with E-state index in [1.165, 1.54) is 6.21 Å². The van der Waals surface area contributed by atoms with Crippen molar-refractivity contribution in [1.29, 1.82) is 0 Å². The molecule has 2 aromatic rings. The van der Waals surface area contributed by atoms with Gasteiger partial charge < -0.3 is 14.8 Å². The van der Waals surface area contributed by atoms with E-state index < -0.39 is 11.8 Å². The summed E-state index contributed by atoms with van der Waals surface area (Å²) in [7, 11) is 0. The molecule has 0 saturated heterocycles. The normalized spacial score (nSPS) is 10.7. The second-order valence-corrected chi connectivity index (χ2v) is 7.70. The standard InChI is InChI=1S/C23H28BrN3O4/c1-4-6-11-31-23-19(24)12-17(13-20(23)30-5-2)15-25-27-22(29)14-21(28)26-18-9-7-16(3)8-10-18/h7-10,12-13,15H,4-6,11,14H2,1-3H3,(H,26,28)(H,27,29). The van der Waals surface area contributed by atoms with Gasteiger partial charge in [0, 0.05) is 5.69 Å². The average molecular weight is 490 g/mol. The summed E-state index contributed by atoms with van der Waals surface area (Å²) in [5.41, 5.74) is 4.81. The summed E-state index contributed by atoms with van der Waals surface area (Å²) in [5, 5.41) is 6.61. The number of ether oxygens (including phenoxy) is 2. The van der Waals surface area contributed by atoms with Gasteiger partial charge >= 0.3 is 0 Å². The van der Waals surface area contributed by atoms with Gasteiger partial charge in [0.1, 0.15) is 6.42 Å². The number of rotatable bonds is 11. The van der Waals surface area contributed by atoms with Gasteiger partial charge in [-0.15, -0.1) is 0 Å². The van der Waals surface area contributed by atoms with Crippen molar-refractivity contribution in [2.24, 2.45) is 5.10 Å². The summed E-state index contributed by atoms with van der Waals surface area (Å²) in [4.78, 5) is 24.0. The van der Waals surface area contributed by atoms with Gasteiger partial charge in [-0.1, -0.05) is 31.0 Å². The fourth-order valence-electron chi connectivity index (χ4n) is 2.59. The number of halogens is 1. The molecule has 0 bridgehead atoms. The summed E-state index contributed by atoms with van der Waals surface area (Å²) >= 11 is 3.50. The van der Waals surface area contributed by atoms with Crippen LogP contribution in [0, 0.1) is 6.92 Å². The molecule has 0 aliphatic heterocycles. The minimum absolute atomic E-state index is 0.330. The SMILES string of the molecule is CCCCOc1c(Br)cc(C=NNC(=O)CC(=O)Nc2ccc(C)cc2)cc1OCC. The lowest BCUT2D eigenvalue weighted by Gasteiger charge is -2.14. The monoisotopic (exact) mass is 489 g/mol. The number of carbonyl (C=O) groups is 2. The molecule has 0 spiro atoms. The number of hydrogen-bond acceptors (Lipinski definition) is 5. The third-order valence-electron chi connectivity index (χ3n) is 4.14. The predicted molar refractivity (Wildman–Crippen MR) is 126 cm³/mol. The first kappa shape index (κ1) is 24.4. The highest BCUT2D eigenvalue weighted by Crippen LogP contribution is 2.36. The van der Waals surface area contributed by atoms with E-state index in [9.17, 15) is 9.59 Å². The molecule has 166 valence electrons. The molecule has 0 saturated carbocycles. The molecular formula is C23H28BrN3O4. The first-order valence-corrected chi connectivity index (χ1v) is 11.0. The van der Waals surface area contributed by atoms with Crippen LogP contribution >= 0.6 is 15.9 Å². The summed E-state index contributed by atoms with van der Waals surface area (Å²) < 4.78 is 12.2. The first-order chi connectivity index (χ1) is 14.9. The lowest BCUT2D eigenvalue weighted by molar-refractivity contribution is -0.126. The second-order valence-electron chi connectivity index (χ2n) is 6.85. The molecule has 0 unspecified atom stereocenters. The Bertz CT molecular complexity index is 914. The number of carbonyl (C=O) groups excluding carboxylic acids is 2. The van der Waals surface area contributed by atoms with Crippen molar-refractivity contribution in [2.75, 3.05) is 18.5 Å². The van der Waals surface area contributed by atoms with Crippen LogP contribution in [0.2, 0.25) is 0 Å². The minimum Gasteiger partial charge on any atom is -0.490 e. The van der Waals surface area contributed by atoms with E-state index in [2.05, 4.69) is 38.7 Å². The third kappa shape index (κ3) is 8.41. The van der Waals surface area contributed by atoms with Gasteiger partial charge in [0.15, 0.2) is 11.5 Å². The van der Waals surface area contributed by atoms with Crippen LogP contribution in [0.5, 0.6) is 11.5 Å². The van der Waals surface area contributed by atoms with Crippen LogP contribution in [0.3, 0.4) is 0 Å². The van der Waals surface area contributed by atoms with Gasteiger partial charge in [0.25, 0.3) is 0 Å². The maximum atomic E-state index is 12.0. The van der Waals surface area contributed by atoms with Crippen molar-refractivity contribution in [1.82, 2.24) is 5.43 Å². The van der Waals surface area contributed by atoms with Gasteiger partial charge in [0.05, 0.1) is 23.9 Å². The number of anilines is 1. The van der Waals surface area contributed by atoms with Gasteiger partial charge in [-0.3, -0.25) is 9.59 Å². The number of benzene rings is 2. The number of hydrogen-bond donors (Lipinski definition) is 2. The maximum Gasteiger partial charge on any atom is 0.249 e. The van der Waals surface area contributed by atoms with Crippen LogP contribution in [-0.2, 0) is 9.59 Å². The maximum absolute atomic E-state index is 12.0. The van der Waals surface area contributed by atoms with E-state index in [-0.39, 0.29) is 6.42 Å². The molecule has 2 rings (SSSR count). The molecule has 0 atom stereocenters. The van der Waals surface area contributed by atoms with Crippen molar-refractivity contribution in [3.05, 3.63) is 52.0 Å². The highest BCUT2D eigenvalue weighted by molar-refractivity contribution is 9.10. The zero-order valence-corrected chi connectivity index (χ0v) is 19.6.